The number of benzene rings is 1. The molecule has 0 spiro atoms. The van der Waals surface area contributed by atoms with E-state index in [2.05, 4.69) is 5.32 Å². The molecule has 2 unspecified atom stereocenters. The highest BCUT2D eigenvalue weighted by atomic mass is 35.5. The Kier molecular flexibility index (Phi) is 4.81. The van der Waals surface area contributed by atoms with Gasteiger partial charge in [0.15, 0.2) is 0 Å². The zero-order valence-electron chi connectivity index (χ0n) is 11.1. The average Bonchev–Trinajstić information content (AvgIpc) is 2.42. The molecular weight excluding hydrogens is 265 g/mol. The lowest BCUT2D eigenvalue weighted by Gasteiger charge is -2.30. The van der Waals surface area contributed by atoms with E-state index in [1.165, 1.54) is 18.6 Å². The van der Waals surface area contributed by atoms with Crippen LogP contribution in [0.3, 0.4) is 0 Å². The molecule has 19 heavy (non-hydrogen) atoms. The fourth-order valence-electron chi connectivity index (χ4n) is 2.62. The smallest absolute Gasteiger partial charge is 0.251 e. The number of aryl methyl sites for hydroxylation is 1. The van der Waals surface area contributed by atoms with Crippen LogP contribution in [0.1, 0.15) is 41.6 Å². The van der Waals surface area contributed by atoms with E-state index in [4.69, 9.17) is 11.6 Å². The number of nitrogens with one attached hydrogen (secondary N) is 1. The topological polar surface area (TPSA) is 29.1 Å². The molecule has 4 heteroatoms. The second kappa shape index (κ2) is 6.38. The first kappa shape index (κ1) is 14.3. The average molecular weight is 284 g/mol. The predicted octanol–water partition coefficient (Wildman–Crippen LogP) is 3.66. The molecule has 1 aromatic carbocycles. The van der Waals surface area contributed by atoms with Gasteiger partial charge in [-0.2, -0.15) is 0 Å². The maximum absolute atomic E-state index is 13.2. The Hall–Kier alpha value is -1.09. The maximum atomic E-state index is 13.2. The third-order valence-corrected chi connectivity index (χ3v) is 4.24. The Morgan fingerprint density at radius 3 is 2.84 bits per heavy atom. The molecule has 1 aliphatic rings. The molecular formula is C15H19ClFNO. The zero-order chi connectivity index (χ0) is 13.8. The van der Waals surface area contributed by atoms with Gasteiger partial charge in [0, 0.05) is 17.5 Å². The monoisotopic (exact) mass is 283 g/mol. The van der Waals surface area contributed by atoms with Crippen LogP contribution >= 0.6 is 11.6 Å². The standard InChI is InChI=1S/C15H19ClFNO/c1-10-8-11(6-7-13(10)17)15(19)18-14-5-3-2-4-12(14)9-16/h6-8,12,14H,2-5,9H2,1H3,(H,18,19). The summed E-state index contributed by atoms with van der Waals surface area (Å²) in [5, 5.41) is 3.04. The first-order valence-electron chi connectivity index (χ1n) is 6.75. The number of rotatable bonds is 3. The number of amides is 1. The Balaban J connectivity index is 2.05. The fourth-order valence-corrected chi connectivity index (χ4v) is 2.99. The van der Waals surface area contributed by atoms with Gasteiger partial charge in [0.1, 0.15) is 5.82 Å². The van der Waals surface area contributed by atoms with E-state index < -0.39 is 0 Å². The van der Waals surface area contributed by atoms with E-state index in [0.717, 1.165) is 19.3 Å². The molecule has 0 bridgehead atoms. The zero-order valence-corrected chi connectivity index (χ0v) is 11.8. The second-order valence-corrected chi connectivity index (χ2v) is 5.55. The number of alkyl halides is 1. The first-order valence-corrected chi connectivity index (χ1v) is 7.28. The molecule has 1 saturated carbocycles. The molecule has 1 amide bonds. The third kappa shape index (κ3) is 3.47. The molecule has 1 fully saturated rings. The van der Waals surface area contributed by atoms with Crippen LogP contribution in [0.15, 0.2) is 18.2 Å². The van der Waals surface area contributed by atoms with Crippen molar-refractivity contribution in [1.29, 1.82) is 0 Å². The molecule has 1 aromatic rings. The van der Waals surface area contributed by atoms with Crippen LogP contribution in [0, 0.1) is 18.7 Å². The summed E-state index contributed by atoms with van der Waals surface area (Å²) in [5.41, 5.74) is 1.00. The lowest BCUT2D eigenvalue weighted by Crippen LogP contribution is -2.42. The van der Waals surface area contributed by atoms with Crippen molar-refractivity contribution in [3.05, 3.63) is 35.1 Å². The Morgan fingerprint density at radius 2 is 2.16 bits per heavy atom. The van der Waals surface area contributed by atoms with Crippen molar-refractivity contribution >= 4 is 17.5 Å². The summed E-state index contributed by atoms with van der Waals surface area (Å²) < 4.78 is 13.2. The third-order valence-electron chi connectivity index (χ3n) is 3.84. The fraction of sp³-hybridized carbons (Fsp3) is 0.533. The summed E-state index contributed by atoms with van der Waals surface area (Å²) in [5.74, 6) is 0.506. The van der Waals surface area contributed by atoms with Gasteiger partial charge in [-0.15, -0.1) is 11.6 Å². The van der Waals surface area contributed by atoms with Crippen LogP contribution in [0.25, 0.3) is 0 Å². The highest BCUT2D eigenvalue weighted by Crippen LogP contribution is 2.25. The molecule has 0 saturated heterocycles. The summed E-state index contributed by atoms with van der Waals surface area (Å²) in [6, 6.07) is 4.59. The molecule has 0 aromatic heterocycles. The van der Waals surface area contributed by atoms with Gasteiger partial charge >= 0.3 is 0 Å². The lowest BCUT2D eigenvalue weighted by atomic mass is 9.85. The van der Waals surface area contributed by atoms with Crippen LogP contribution in [-0.2, 0) is 0 Å². The van der Waals surface area contributed by atoms with Gasteiger partial charge in [0.2, 0.25) is 0 Å². The van der Waals surface area contributed by atoms with E-state index >= 15 is 0 Å². The Morgan fingerprint density at radius 1 is 1.42 bits per heavy atom. The number of hydrogen-bond acceptors (Lipinski definition) is 1. The van der Waals surface area contributed by atoms with Crippen molar-refractivity contribution in [3.8, 4) is 0 Å². The van der Waals surface area contributed by atoms with Crippen molar-refractivity contribution in [2.24, 2.45) is 5.92 Å². The molecule has 2 atom stereocenters. The summed E-state index contributed by atoms with van der Waals surface area (Å²) in [6.07, 6.45) is 4.35. The van der Waals surface area contributed by atoms with Gasteiger partial charge in [-0.25, -0.2) is 4.39 Å². The molecule has 1 N–H and O–H groups in total. The largest absolute Gasteiger partial charge is 0.349 e. The molecule has 0 aliphatic heterocycles. The molecule has 0 heterocycles. The van der Waals surface area contributed by atoms with Crippen molar-refractivity contribution in [3.63, 3.8) is 0 Å². The Labute approximate surface area is 118 Å². The summed E-state index contributed by atoms with van der Waals surface area (Å²) in [6.45, 7) is 1.66. The number of halogens is 2. The molecule has 104 valence electrons. The molecule has 2 rings (SSSR count). The van der Waals surface area contributed by atoms with Gasteiger partial charge in [-0.1, -0.05) is 12.8 Å². The van der Waals surface area contributed by atoms with Gasteiger partial charge in [0.25, 0.3) is 5.91 Å². The van der Waals surface area contributed by atoms with Crippen LogP contribution in [0.4, 0.5) is 4.39 Å². The van der Waals surface area contributed by atoms with E-state index in [0.29, 0.717) is 22.9 Å². The SMILES string of the molecule is Cc1cc(C(=O)NC2CCCCC2CCl)ccc1F. The first-order chi connectivity index (χ1) is 9.11. The van der Waals surface area contributed by atoms with Crippen LogP contribution in [0.2, 0.25) is 0 Å². The van der Waals surface area contributed by atoms with E-state index in [1.54, 1.807) is 13.0 Å². The van der Waals surface area contributed by atoms with Crippen molar-refractivity contribution in [1.82, 2.24) is 5.32 Å². The van der Waals surface area contributed by atoms with Gasteiger partial charge < -0.3 is 5.32 Å². The lowest BCUT2D eigenvalue weighted by molar-refractivity contribution is 0.0911. The van der Waals surface area contributed by atoms with Crippen molar-refractivity contribution in [2.75, 3.05) is 5.88 Å². The van der Waals surface area contributed by atoms with Crippen molar-refractivity contribution < 1.29 is 9.18 Å². The normalized spacial score (nSPS) is 23.1. The van der Waals surface area contributed by atoms with Gasteiger partial charge in [-0.05, 0) is 49.4 Å². The predicted molar refractivity (Wildman–Crippen MR) is 75.1 cm³/mol. The minimum Gasteiger partial charge on any atom is -0.349 e. The van der Waals surface area contributed by atoms with Crippen molar-refractivity contribution in [2.45, 2.75) is 38.6 Å². The van der Waals surface area contributed by atoms with Crippen LogP contribution in [0.5, 0.6) is 0 Å². The summed E-state index contributed by atoms with van der Waals surface area (Å²) in [7, 11) is 0. The molecule has 1 aliphatic carbocycles. The van der Waals surface area contributed by atoms with E-state index in [-0.39, 0.29) is 17.8 Å². The second-order valence-electron chi connectivity index (χ2n) is 5.24. The highest BCUT2D eigenvalue weighted by Gasteiger charge is 2.26. The van der Waals surface area contributed by atoms with E-state index in [1.807, 2.05) is 0 Å². The van der Waals surface area contributed by atoms with Crippen LogP contribution < -0.4 is 5.32 Å². The number of carbonyl (C=O) groups excluding carboxylic acids is 1. The highest BCUT2D eigenvalue weighted by molar-refractivity contribution is 6.18. The number of hydrogen-bond donors (Lipinski definition) is 1. The quantitative estimate of drug-likeness (QED) is 0.843. The summed E-state index contributed by atoms with van der Waals surface area (Å²) in [4.78, 5) is 12.2. The summed E-state index contributed by atoms with van der Waals surface area (Å²) >= 11 is 5.95. The van der Waals surface area contributed by atoms with Crippen LogP contribution in [-0.4, -0.2) is 17.8 Å². The molecule has 0 radical (unpaired) electrons. The minimum absolute atomic E-state index is 0.134. The number of carbonyl (C=O) groups is 1. The maximum Gasteiger partial charge on any atom is 0.251 e. The van der Waals surface area contributed by atoms with E-state index in [9.17, 15) is 9.18 Å². The van der Waals surface area contributed by atoms with Gasteiger partial charge in [-0.3, -0.25) is 4.79 Å². The molecule has 2 nitrogen and oxygen atoms in total. The van der Waals surface area contributed by atoms with Gasteiger partial charge in [0.05, 0.1) is 0 Å². The Bertz CT molecular complexity index is 463. The minimum atomic E-state index is -0.284.